The van der Waals surface area contributed by atoms with Gasteiger partial charge in [-0.05, 0) is 106 Å². The molecule has 506 valence electrons. The van der Waals surface area contributed by atoms with Gasteiger partial charge in [0.25, 0.3) is 5.91 Å². The molecule has 0 spiro atoms. The normalized spacial score (nSPS) is 28.2. The van der Waals surface area contributed by atoms with Crippen LogP contribution in [-0.4, -0.2) is 238 Å². The fourth-order valence-corrected chi connectivity index (χ4v) is 13.4. The minimum atomic E-state index is -2.06. The van der Waals surface area contributed by atoms with Crippen molar-refractivity contribution in [2.75, 3.05) is 57.3 Å². The quantitative estimate of drug-likeness (QED) is 0.0754. The van der Waals surface area contributed by atoms with Crippen LogP contribution in [0.1, 0.15) is 81.6 Å². The highest BCUT2D eigenvalue weighted by Gasteiger charge is 2.50. The van der Waals surface area contributed by atoms with E-state index < -0.39 is 164 Å². The maximum Gasteiger partial charge on any atom is 0.251 e. The highest BCUT2D eigenvalue weighted by atomic mass is 35.5. The van der Waals surface area contributed by atoms with Gasteiger partial charge in [0.05, 0.1) is 36.6 Å². The van der Waals surface area contributed by atoms with Crippen LogP contribution >= 0.6 is 48.6 Å². The number of carbonyl (C=O) groups excluding carboxylic acids is 7. The van der Waals surface area contributed by atoms with Crippen LogP contribution < -0.4 is 37.2 Å². The number of aliphatic hydroxyl groups excluding tert-OH is 6. The predicted molar refractivity (Wildman–Crippen MR) is 346 cm³/mol. The Bertz CT molecular complexity index is 3180. The third-order valence-corrected chi connectivity index (χ3v) is 18.8. The number of phenolic OH excluding ortho intramolecular Hbond substituents is 2. The number of aliphatic hydroxyl groups is 6. The van der Waals surface area contributed by atoms with Crippen molar-refractivity contribution >= 4 is 95.6 Å². The number of nitrogens with zero attached hydrogens (tertiary/aromatic N) is 6. The molecule has 9 rings (SSSR count). The number of aromatic nitrogens is 2. The Hall–Kier alpha value is -6.54. The number of hydrogen-bond acceptors (Lipinski definition) is 21. The van der Waals surface area contributed by atoms with Gasteiger partial charge in [0, 0.05) is 99.4 Å². The van der Waals surface area contributed by atoms with Gasteiger partial charge in [-0.25, -0.2) is 0 Å². The van der Waals surface area contributed by atoms with Crippen LogP contribution in [0.5, 0.6) is 11.5 Å². The van der Waals surface area contributed by atoms with E-state index in [0.717, 1.165) is 72.2 Å². The molecule has 0 radical (unpaired) electrons. The third-order valence-electron chi connectivity index (χ3n) is 17.8. The standard InChI is InChI=1S/C61H82N12O15S.3ClH/c1-31-4-13-38(14-5-31)70-20-22-71(23-21-70)39-15-11-37(12-16-39)59-69-68-58(89-59)36-9-7-35(8-10-36)53(82)64-42-26-40(75)28-63-57(86)51-52(81)32(2)29-73(51)61(88)50(45(78)18-19-62)67-56(85)49(47(80)25-34-6-17-44(77)46(79)24-34)66-55(84)43-27-41(76)30-72(43)60(87)48(33(3)74)65-54(42)83;;;/h6-12,15-17,24,31-33,38,40-43,45,47-52,74-81H,4-5,13-14,18-23,25-30,62H2,1-3H3,(H,63,86)(H,64,82)(H,65,83)(H,66,84)(H,67,85);3*1H/t31?,32-,33+,38?,40+,41+,42+,43+,45-,47-,48+,49+,50+,51+,52+;;;/m1.../s1. The summed E-state index contributed by atoms with van der Waals surface area (Å²) in [6.07, 6.45) is -6.81. The molecule has 1 aliphatic carbocycles. The summed E-state index contributed by atoms with van der Waals surface area (Å²) in [6, 6.07) is 7.68. The zero-order valence-electron chi connectivity index (χ0n) is 51.2. The zero-order valence-corrected chi connectivity index (χ0v) is 54.4. The zero-order chi connectivity index (χ0) is 64.0. The van der Waals surface area contributed by atoms with Crippen molar-refractivity contribution in [1.82, 2.24) is 51.5 Å². The number of halogens is 3. The molecule has 0 unspecified atom stereocenters. The van der Waals surface area contributed by atoms with E-state index in [0.29, 0.717) is 21.6 Å². The lowest BCUT2D eigenvalue weighted by Gasteiger charge is -2.42. The molecule has 4 aromatic rings. The van der Waals surface area contributed by atoms with E-state index in [1.165, 1.54) is 62.1 Å². The molecule has 13 atom stereocenters. The number of nitrogens with two attached hydrogens (primary N) is 1. The monoisotopic (exact) mass is 1360 g/mol. The molecule has 5 heterocycles. The molecule has 5 fully saturated rings. The summed E-state index contributed by atoms with van der Waals surface area (Å²) in [6.45, 7) is 7.32. The van der Waals surface area contributed by atoms with Crippen molar-refractivity contribution in [2.24, 2.45) is 17.6 Å². The van der Waals surface area contributed by atoms with Crippen LogP contribution in [0.25, 0.3) is 21.1 Å². The number of fused-ring (bicyclic) bond motifs is 2. The maximum absolute atomic E-state index is 14.6. The summed E-state index contributed by atoms with van der Waals surface area (Å²) in [5.41, 5.74) is 8.61. The van der Waals surface area contributed by atoms with Crippen molar-refractivity contribution < 1.29 is 74.4 Å². The van der Waals surface area contributed by atoms with Gasteiger partial charge in [-0.1, -0.05) is 43.4 Å². The smallest absolute Gasteiger partial charge is 0.251 e. The molecular weight excluding hydrogens is 1280 g/mol. The molecule has 4 saturated heterocycles. The number of carbonyl (C=O) groups is 7. The lowest BCUT2D eigenvalue weighted by molar-refractivity contribution is -0.147. The minimum absolute atomic E-state index is 0. The molecule has 31 heteroatoms. The van der Waals surface area contributed by atoms with Crippen LogP contribution in [0.2, 0.25) is 0 Å². The van der Waals surface area contributed by atoms with Gasteiger partial charge in [0.2, 0.25) is 35.4 Å². The second-order valence-corrected chi connectivity index (χ2v) is 25.3. The first-order valence-corrected chi connectivity index (χ1v) is 31.2. The second kappa shape index (κ2) is 33.0. The van der Waals surface area contributed by atoms with Gasteiger partial charge in [-0.15, -0.1) is 47.4 Å². The number of phenols is 2. The summed E-state index contributed by atoms with van der Waals surface area (Å²) >= 11 is 1.35. The van der Waals surface area contributed by atoms with Crippen LogP contribution in [0, 0.1) is 11.8 Å². The Morgan fingerprint density at radius 3 is 1.89 bits per heavy atom. The van der Waals surface area contributed by atoms with Gasteiger partial charge in [-0.3, -0.25) is 38.5 Å². The van der Waals surface area contributed by atoms with Gasteiger partial charge >= 0.3 is 0 Å². The number of rotatable bonds is 13. The Kier molecular flexibility index (Phi) is 26.7. The first-order chi connectivity index (χ1) is 42.5. The molecule has 0 bridgehead atoms. The molecule has 1 saturated carbocycles. The molecule has 92 heavy (non-hydrogen) atoms. The third kappa shape index (κ3) is 17.6. The molecular formula is C61H85Cl3N12O15S. The lowest BCUT2D eigenvalue weighted by atomic mass is 9.86. The van der Waals surface area contributed by atoms with Crippen molar-refractivity contribution in [2.45, 2.75) is 151 Å². The van der Waals surface area contributed by atoms with E-state index in [2.05, 4.69) is 65.6 Å². The molecule has 7 amide bonds. The van der Waals surface area contributed by atoms with Crippen molar-refractivity contribution in [3.05, 3.63) is 77.9 Å². The molecule has 27 nitrogen and oxygen atoms in total. The highest BCUT2D eigenvalue weighted by Crippen LogP contribution is 2.34. The number of aromatic hydroxyl groups is 2. The fraction of sp³-hybridized carbons (Fsp3) is 0.557. The van der Waals surface area contributed by atoms with Crippen molar-refractivity contribution in [3.8, 4) is 32.6 Å². The van der Waals surface area contributed by atoms with Crippen LogP contribution in [0.3, 0.4) is 0 Å². The average Bonchev–Trinajstić information content (AvgIpc) is 1.79. The lowest BCUT2D eigenvalue weighted by Crippen LogP contribution is -2.64. The van der Waals surface area contributed by atoms with E-state index in [4.69, 9.17) is 5.73 Å². The Balaban J connectivity index is 0.00000448. The maximum atomic E-state index is 14.6. The van der Waals surface area contributed by atoms with Crippen LogP contribution in [0.4, 0.5) is 5.69 Å². The SMILES string of the molecule is CC1CCC(N2CCN(c3ccc(-c4nnc(-c5ccc(C(=O)N[C@H]6C[C@H](O)CNC(=O)[C@@H]7[C@@H](O)[C@H](C)CN7C(=O)[C@H]([C@H](O)CCN)NC(=O)[C@H]([C@H](O)Cc7ccc(O)c(O)c7)NC(=O)[C@@H]7C[C@H](O)CN7C(=O)[C@H]([C@H](C)O)NC6=O)cc5)s4)cc3)CC2)CC1.Cl.Cl.Cl. The number of piperazine rings is 1. The largest absolute Gasteiger partial charge is 0.504 e. The average molecular weight is 1360 g/mol. The topological polar surface area (TPSA) is 406 Å². The van der Waals surface area contributed by atoms with Crippen molar-refractivity contribution in [1.29, 1.82) is 0 Å². The Morgan fingerprint density at radius 1 is 0.685 bits per heavy atom. The first kappa shape index (κ1) is 74.5. The van der Waals surface area contributed by atoms with Gasteiger partial charge in [0.15, 0.2) is 11.5 Å². The summed E-state index contributed by atoms with van der Waals surface area (Å²) in [5, 5.41) is 111. The minimum Gasteiger partial charge on any atom is -0.504 e. The first-order valence-electron chi connectivity index (χ1n) is 30.4. The van der Waals surface area contributed by atoms with E-state index in [1.807, 2.05) is 12.1 Å². The van der Waals surface area contributed by atoms with Gasteiger partial charge in [-0.2, -0.15) is 0 Å². The molecule has 4 aliphatic heterocycles. The number of amides is 7. The number of benzene rings is 3. The molecule has 3 aromatic carbocycles. The predicted octanol–water partition coefficient (Wildman–Crippen LogP) is -0.453. The van der Waals surface area contributed by atoms with Crippen LogP contribution in [-0.2, 0) is 35.2 Å². The summed E-state index contributed by atoms with van der Waals surface area (Å²) in [5.74, 6) is -8.66. The summed E-state index contributed by atoms with van der Waals surface area (Å²) in [7, 11) is 0. The van der Waals surface area contributed by atoms with E-state index in [9.17, 15) is 74.4 Å². The van der Waals surface area contributed by atoms with Gasteiger partial charge in [0.1, 0.15) is 46.3 Å². The van der Waals surface area contributed by atoms with Crippen molar-refractivity contribution in [3.63, 3.8) is 0 Å². The summed E-state index contributed by atoms with van der Waals surface area (Å²) < 4.78 is 0. The Labute approximate surface area is 555 Å². The molecule has 1 aromatic heterocycles. The molecule has 5 aliphatic rings. The van der Waals surface area contributed by atoms with E-state index >= 15 is 0 Å². The second-order valence-electron chi connectivity index (χ2n) is 24.4. The van der Waals surface area contributed by atoms with E-state index in [1.54, 1.807) is 12.1 Å². The molecule has 15 N–H and O–H groups in total. The number of nitrogens with one attached hydrogen (secondary N) is 5. The van der Waals surface area contributed by atoms with Crippen LogP contribution in [0.15, 0.2) is 66.7 Å². The summed E-state index contributed by atoms with van der Waals surface area (Å²) in [4.78, 5) is 108. The number of β-amino-alcohol motifs (C(OH)–C–C–N with tert-alkyl or cyclic N) is 1. The van der Waals surface area contributed by atoms with E-state index in [-0.39, 0.29) is 67.9 Å². The Morgan fingerprint density at radius 2 is 1.28 bits per heavy atom. The fourth-order valence-electron chi connectivity index (χ4n) is 12.5. The number of anilines is 1. The number of hydrogen-bond donors (Lipinski definition) is 14. The highest BCUT2D eigenvalue weighted by molar-refractivity contribution is 7.17. The van der Waals surface area contributed by atoms with Gasteiger partial charge < -0.3 is 87.9 Å².